The zero-order valence-corrected chi connectivity index (χ0v) is 7.84. The Hall–Kier alpha value is -0.960. The molecule has 1 fully saturated rings. The van der Waals surface area contributed by atoms with Gasteiger partial charge in [0.2, 0.25) is 0 Å². The lowest BCUT2D eigenvalue weighted by molar-refractivity contribution is 0.561. The van der Waals surface area contributed by atoms with Crippen LogP contribution in [0.1, 0.15) is 30.7 Å². The van der Waals surface area contributed by atoms with Crippen molar-refractivity contribution in [3.63, 3.8) is 0 Å². The first kappa shape index (κ1) is 9.59. The Labute approximate surface area is 81.9 Å². The Morgan fingerprint density at radius 2 is 1.71 bits per heavy atom. The number of nitrogens with two attached hydrogens (primary N) is 1. The first-order valence-corrected chi connectivity index (χ1v) is 4.88. The van der Waals surface area contributed by atoms with E-state index in [0.717, 1.165) is 25.3 Å². The predicted octanol–water partition coefficient (Wildman–Crippen LogP) is 2.56. The lowest BCUT2D eigenvalue weighted by Crippen LogP contribution is -2.22. The van der Waals surface area contributed by atoms with Gasteiger partial charge in [0, 0.05) is 12.1 Å². The second-order valence-electron chi connectivity index (χ2n) is 3.90. The van der Waals surface area contributed by atoms with E-state index in [4.69, 9.17) is 5.73 Å². The van der Waals surface area contributed by atoms with Crippen molar-refractivity contribution in [3.8, 4) is 0 Å². The molecular formula is C11H13F2N. The minimum atomic E-state index is -0.515. The van der Waals surface area contributed by atoms with Crippen LogP contribution in [-0.4, -0.2) is 6.04 Å². The highest BCUT2D eigenvalue weighted by Gasteiger charge is 2.25. The molecule has 0 amide bonds. The summed E-state index contributed by atoms with van der Waals surface area (Å²) in [5, 5.41) is 0. The van der Waals surface area contributed by atoms with Crippen molar-refractivity contribution in [1.82, 2.24) is 0 Å². The third kappa shape index (κ3) is 1.77. The fraction of sp³-hybridized carbons (Fsp3) is 0.455. The maximum atomic E-state index is 12.9. The molecule has 0 aliphatic heterocycles. The van der Waals surface area contributed by atoms with Gasteiger partial charge < -0.3 is 5.73 Å². The van der Waals surface area contributed by atoms with E-state index in [0.29, 0.717) is 5.56 Å². The second-order valence-corrected chi connectivity index (χ2v) is 3.90. The third-order valence-corrected chi connectivity index (χ3v) is 2.88. The van der Waals surface area contributed by atoms with Crippen molar-refractivity contribution in [2.45, 2.75) is 31.2 Å². The van der Waals surface area contributed by atoms with Crippen LogP contribution in [0.25, 0.3) is 0 Å². The fourth-order valence-electron chi connectivity index (χ4n) is 2.19. The molecular weight excluding hydrogens is 184 g/mol. The number of rotatable bonds is 1. The first-order chi connectivity index (χ1) is 6.66. The topological polar surface area (TPSA) is 26.0 Å². The van der Waals surface area contributed by atoms with Crippen LogP contribution in [0.2, 0.25) is 0 Å². The Bertz CT molecular complexity index is 318. The fourth-order valence-corrected chi connectivity index (χ4v) is 2.19. The van der Waals surface area contributed by atoms with Crippen LogP contribution in [-0.2, 0) is 0 Å². The summed E-state index contributed by atoms with van der Waals surface area (Å²) in [4.78, 5) is 0. The molecule has 3 heteroatoms. The molecule has 2 atom stereocenters. The van der Waals surface area contributed by atoms with Crippen molar-refractivity contribution >= 4 is 0 Å². The van der Waals surface area contributed by atoms with Crippen LogP contribution in [0.15, 0.2) is 18.2 Å². The van der Waals surface area contributed by atoms with E-state index < -0.39 is 11.6 Å². The van der Waals surface area contributed by atoms with Crippen LogP contribution in [0, 0.1) is 11.6 Å². The van der Waals surface area contributed by atoms with E-state index in [9.17, 15) is 8.78 Å². The molecule has 1 aliphatic carbocycles. The van der Waals surface area contributed by atoms with E-state index in [1.54, 1.807) is 0 Å². The average Bonchev–Trinajstić information content (AvgIpc) is 2.49. The summed E-state index contributed by atoms with van der Waals surface area (Å²) in [6.07, 6.45) is 2.93. The molecule has 0 radical (unpaired) electrons. The van der Waals surface area contributed by atoms with Gasteiger partial charge in [0.05, 0.1) is 0 Å². The van der Waals surface area contributed by atoms with Crippen molar-refractivity contribution in [1.29, 1.82) is 0 Å². The van der Waals surface area contributed by atoms with Gasteiger partial charge in [-0.3, -0.25) is 0 Å². The van der Waals surface area contributed by atoms with Crippen molar-refractivity contribution in [3.05, 3.63) is 35.4 Å². The molecule has 1 nitrogen and oxygen atoms in total. The lowest BCUT2D eigenvalue weighted by Gasteiger charge is -2.15. The molecule has 1 aromatic carbocycles. The highest BCUT2D eigenvalue weighted by molar-refractivity contribution is 5.24. The Balaban J connectivity index is 2.31. The molecule has 0 bridgehead atoms. The van der Waals surface area contributed by atoms with Gasteiger partial charge in [0.1, 0.15) is 11.6 Å². The van der Waals surface area contributed by atoms with E-state index in [1.165, 1.54) is 12.1 Å². The third-order valence-electron chi connectivity index (χ3n) is 2.88. The Kier molecular flexibility index (Phi) is 2.50. The minimum Gasteiger partial charge on any atom is -0.327 e. The van der Waals surface area contributed by atoms with Crippen molar-refractivity contribution in [2.24, 2.45) is 5.73 Å². The van der Waals surface area contributed by atoms with Crippen LogP contribution in [0.3, 0.4) is 0 Å². The van der Waals surface area contributed by atoms with Gasteiger partial charge in [-0.05, 0) is 36.5 Å². The quantitative estimate of drug-likeness (QED) is 0.735. The second kappa shape index (κ2) is 3.65. The summed E-state index contributed by atoms with van der Waals surface area (Å²) in [7, 11) is 0. The molecule has 0 heterocycles. The predicted molar refractivity (Wildman–Crippen MR) is 50.9 cm³/mol. The molecule has 76 valence electrons. The summed E-state index contributed by atoms with van der Waals surface area (Å²) in [5.41, 5.74) is 6.57. The maximum Gasteiger partial charge on any atom is 0.126 e. The SMILES string of the molecule is NC1CCCC1c1cc(F)cc(F)c1. The molecule has 1 saturated carbocycles. The van der Waals surface area contributed by atoms with Crippen molar-refractivity contribution < 1.29 is 8.78 Å². The van der Waals surface area contributed by atoms with E-state index in [1.807, 2.05) is 0 Å². The van der Waals surface area contributed by atoms with Crippen LogP contribution >= 0.6 is 0 Å². The summed E-state index contributed by atoms with van der Waals surface area (Å²) < 4.78 is 25.9. The minimum absolute atomic E-state index is 0.0520. The molecule has 1 aliphatic rings. The van der Waals surface area contributed by atoms with Gasteiger partial charge in [-0.25, -0.2) is 8.78 Å². The lowest BCUT2D eigenvalue weighted by atomic mass is 9.94. The van der Waals surface area contributed by atoms with Gasteiger partial charge >= 0.3 is 0 Å². The van der Waals surface area contributed by atoms with Gasteiger partial charge in [-0.2, -0.15) is 0 Å². The van der Waals surface area contributed by atoms with Crippen LogP contribution in [0.4, 0.5) is 8.78 Å². The number of hydrogen-bond acceptors (Lipinski definition) is 1. The molecule has 0 saturated heterocycles. The highest BCUT2D eigenvalue weighted by atomic mass is 19.1. The van der Waals surface area contributed by atoms with E-state index in [2.05, 4.69) is 0 Å². The number of hydrogen-bond donors (Lipinski definition) is 1. The first-order valence-electron chi connectivity index (χ1n) is 4.88. The molecule has 14 heavy (non-hydrogen) atoms. The molecule has 2 N–H and O–H groups in total. The molecule has 1 aromatic rings. The van der Waals surface area contributed by atoms with Gasteiger partial charge in [0.25, 0.3) is 0 Å². The monoisotopic (exact) mass is 197 g/mol. The van der Waals surface area contributed by atoms with Gasteiger partial charge in [-0.1, -0.05) is 6.42 Å². The number of benzene rings is 1. The summed E-state index contributed by atoms with van der Waals surface area (Å²) in [6, 6.07) is 3.72. The average molecular weight is 197 g/mol. The van der Waals surface area contributed by atoms with Crippen molar-refractivity contribution in [2.75, 3.05) is 0 Å². The summed E-state index contributed by atoms with van der Waals surface area (Å²) in [6.45, 7) is 0. The normalized spacial score (nSPS) is 26.8. The van der Waals surface area contributed by atoms with Gasteiger partial charge in [0.15, 0.2) is 0 Å². The van der Waals surface area contributed by atoms with Crippen LogP contribution in [0.5, 0.6) is 0 Å². The molecule has 2 rings (SSSR count). The Morgan fingerprint density at radius 3 is 2.21 bits per heavy atom. The standard InChI is InChI=1S/C11H13F2N/c12-8-4-7(5-9(13)6-8)10-2-1-3-11(10)14/h4-6,10-11H,1-3,14H2. The van der Waals surface area contributed by atoms with Gasteiger partial charge in [-0.15, -0.1) is 0 Å². The molecule has 0 spiro atoms. The van der Waals surface area contributed by atoms with E-state index in [-0.39, 0.29) is 12.0 Å². The molecule has 2 unspecified atom stereocenters. The smallest absolute Gasteiger partial charge is 0.126 e. The van der Waals surface area contributed by atoms with E-state index >= 15 is 0 Å². The number of halogens is 2. The summed E-state index contributed by atoms with van der Waals surface area (Å²) in [5.74, 6) is -0.904. The largest absolute Gasteiger partial charge is 0.327 e. The Morgan fingerprint density at radius 1 is 1.07 bits per heavy atom. The zero-order valence-electron chi connectivity index (χ0n) is 7.84. The van der Waals surface area contributed by atoms with Crippen LogP contribution < -0.4 is 5.73 Å². The maximum absolute atomic E-state index is 12.9. The zero-order chi connectivity index (χ0) is 10.1. The highest BCUT2D eigenvalue weighted by Crippen LogP contribution is 2.33. The molecule has 0 aromatic heterocycles. The summed E-state index contributed by atoms with van der Waals surface area (Å²) >= 11 is 0.